The van der Waals surface area contributed by atoms with Gasteiger partial charge >= 0.3 is 0 Å². The van der Waals surface area contributed by atoms with Crippen molar-refractivity contribution in [2.45, 2.75) is 32.2 Å². The molecule has 1 aliphatic heterocycles. The van der Waals surface area contributed by atoms with Crippen LogP contribution in [0.1, 0.15) is 26.1 Å². The van der Waals surface area contributed by atoms with Crippen LogP contribution < -0.4 is 5.32 Å². The Bertz CT molecular complexity index is 521. The van der Waals surface area contributed by atoms with Crippen molar-refractivity contribution in [3.05, 3.63) is 18.2 Å². The number of imidazole rings is 1. The van der Waals surface area contributed by atoms with Gasteiger partial charge in [0.15, 0.2) is 0 Å². The Kier molecular flexibility index (Phi) is 3.83. The summed E-state index contributed by atoms with van der Waals surface area (Å²) in [7, 11) is 3.68. The van der Waals surface area contributed by atoms with Crippen molar-refractivity contribution in [2.24, 2.45) is 13.0 Å². The van der Waals surface area contributed by atoms with Gasteiger partial charge in [-0.2, -0.15) is 0 Å². The quantitative estimate of drug-likeness (QED) is 0.863. The van der Waals surface area contributed by atoms with E-state index in [0.717, 1.165) is 5.82 Å². The van der Waals surface area contributed by atoms with E-state index in [4.69, 9.17) is 0 Å². The molecule has 0 aliphatic carbocycles. The number of aryl methyl sites for hydroxylation is 1. The van der Waals surface area contributed by atoms with Crippen LogP contribution in [0.2, 0.25) is 0 Å². The first-order valence-corrected chi connectivity index (χ1v) is 6.84. The smallest absolute Gasteiger partial charge is 0.226 e. The molecule has 0 spiro atoms. The van der Waals surface area contributed by atoms with Crippen molar-refractivity contribution in [3.63, 3.8) is 0 Å². The Hall–Kier alpha value is -1.85. The van der Waals surface area contributed by atoms with Gasteiger partial charge in [0.2, 0.25) is 11.8 Å². The molecule has 1 aromatic rings. The molecular weight excluding hydrogens is 256 g/mol. The summed E-state index contributed by atoms with van der Waals surface area (Å²) in [5.41, 5.74) is -0.426. The van der Waals surface area contributed by atoms with E-state index in [1.807, 2.05) is 31.7 Å². The zero-order valence-electron chi connectivity index (χ0n) is 12.5. The molecular formula is C14H22N4O2. The van der Waals surface area contributed by atoms with E-state index >= 15 is 0 Å². The number of hydrogen-bond acceptors (Lipinski definition) is 3. The lowest BCUT2D eigenvalue weighted by molar-refractivity contribution is -0.128. The number of nitrogens with zero attached hydrogens (tertiary/aromatic N) is 3. The number of nitrogens with one attached hydrogen (secondary N) is 1. The van der Waals surface area contributed by atoms with Crippen LogP contribution in [-0.2, 0) is 23.1 Å². The second-order valence-corrected chi connectivity index (χ2v) is 5.86. The lowest BCUT2D eigenvalue weighted by Crippen LogP contribution is -2.47. The van der Waals surface area contributed by atoms with E-state index in [9.17, 15) is 9.59 Å². The third kappa shape index (κ3) is 2.55. The van der Waals surface area contributed by atoms with Gasteiger partial charge in [0, 0.05) is 51.4 Å². The molecule has 0 aromatic carbocycles. The maximum Gasteiger partial charge on any atom is 0.226 e. The number of aromatic nitrogens is 2. The van der Waals surface area contributed by atoms with E-state index < -0.39 is 5.54 Å². The Labute approximate surface area is 119 Å². The summed E-state index contributed by atoms with van der Waals surface area (Å²) in [5.74, 6) is 0.617. The molecule has 1 fully saturated rings. The third-order valence-electron chi connectivity index (χ3n) is 4.36. The summed E-state index contributed by atoms with van der Waals surface area (Å²) in [6.07, 6.45) is 4.60. The van der Waals surface area contributed by atoms with Crippen LogP contribution in [0.15, 0.2) is 12.4 Å². The highest BCUT2D eigenvalue weighted by molar-refractivity contribution is 5.90. The van der Waals surface area contributed by atoms with Crippen LogP contribution in [-0.4, -0.2) is 45.4 Å². The van der Waals surface area contributed by atoms with Gasteiger partial charge in [-0.1, -0.05) is 0 Å². The molecule has 20 heavy (non-hydrogen) atoms. The normalized spacial score (nSPS) is 21.3. The fraction of sp³-hybridized carbons (Fsp3) is 0.643. The molecule has 0 saturated carbocycles. The second-order valence-electron chi connectivity index (χ2n) is 5.86. The molecule has 2 amide bonds. The van der Waals surface area contributed by atoms with Crippen molar-refractivity contribution in [3.8, 4) is 0 Å². The largest absolute Gasteiger partial charge is 0.355 e. The molecule has 110 valence electrons. The Morgan fingerprint density at radius 2 is 2.20 bits per heavy atom. The average molecular weight is 278 g/mol. The van der Waals surface area contributed by atoms with Crippen molar-refractivity contribution < 1.29 is 9.59 Å². The number of carbonyl (C=O) groups is 2. The zero-order chi connectivity index (χ0) is 14.9. The summed E-state index contributed by atoms with van der Waals surface area (Å²) in [6.45, 7) is 4.40. The highest BCUT2D eigenvalue weighted by Gasteiger charge is 2.47. The molecule has 0 bridgehead atoms. The van der Waals surface area contributed by atoms with Crippen molar-refractivity contribution in [1.82, 2.24) is 19.8 Å². The molecule has 1 atom stereocenters. The summed E-state index contributed by atoms with van der Waals surface area (Å²) >= 11 is 0. The summed E-state index contributed by atoms with van der Waals surface area (Å²) in [5, 5.41) is 2.92. The minimum Gasteiger partial charge on any atom is -0.355 e. The van der Waals surface area contributed by atoms with E-state index in [1.165, 1.54) is 0 Å². The van der Waals surface area contributed by atoms with Crippen molar-refractivity contribution in [2.75, 3.05) is 13.6 Å². The zero-order valence-corrected chi connectivity index (χ0v) is 12.5. The van der Waals surface area contributed by atoms with Gasteiger partial charge in [-0.25, -0.2) is 4.98 Å². The molecule has 6 heteroatoms. The third-order valence-corrected chi connectivity index (χ3v) is 4.36. The number of likely N-dealkylation sites (tertiary alicyclic amines) is 1. The summed E-state index contributed by atoms with van der Waals surface area (Å²) in [6, 6.07) is 0. The van der Waals surface area contributed by atoms with Crippen molar-refractivity contribution >= 4 is 11.8 Å². The van der Waals surface area contributed by atoms with E-state index in [2.05, 4.69) is 10.3 Å². The number of amides is 2. The summed E-state index contributed by atoms with van der Waals surface area (Å²) < 4.78 is 1.93. The van der Waals surface area contributed by atoms with Gasteiger partial charge < -0.3 is 14.8 Å². The standard InChI is InChI=1S/C14H22N4O2/c1-14(2)10(9-12(19)18(14)4)13(20)16-6-5-11-15-7-8-17(11)3/h7-8,10H,5-6,9H2,1-4H3,(H,16,20). The number of rotatable bonds is 4. The molecule has 1 unspecified atom stereocenters. The first kappa shape index (κ1) is 14.6. The number of hydrogen-bond donors (Lipinski definition) is 1. The highest BCUT2D eigenvalue weighted by Crippen LogP contribution is 2.34. The maximum atomic E-state index is 12.2. The fourth-order valence-corrected chi connectivity index (χ4v) is 2.59. The molecule has 1 aliphatic rings. The molecule has 2 rings (SSSR count). The lowest BCUT2D eigenvalue weighted by atomic mass is 9.88. The number of carbonyl (C=O) groups excluding carboxylic acids is 2. The van der Waals surface area contributed by atoms with Crippen LogP contribution in [0.5, 0.6) is 0 Å². The Morgan fingerprint density at radius 3 is 2.70 bits per heavy atom. The Balaban J connectivity index is 1.90. The van der Waals surface area contributed by atoms with E-state index in [-0.39, 0.29) is 24.2 Å². The topological polar surface area (TPSA) is 67.2 Å². The first-order valence-electron chi connectivity index (χ1n) is 6.84. The van der Waals surface area contributed by atoms with Crippen LogP contribution >= 0.6 is 0 Å². The lowest BCUT2D eigenvalue weighted by Gasteiger charge is -2.32. The molecule has 6 nitrogen and oxygen atoms in total. The predicted octanol–water partition coefficient (Wildman–Crippen LogP) is 0.336. The molecule has 2 heterocycles. The van der Waals surface area contributed by atoms with Gasteiger partial charge in [0.05, 0.1) is 5.92 Å². The van der Waals surface area contributed by atoms with Crippen LogP contribution in [0.25, 0.3) is 0 Å². The molecule has 1 N–H and O–H groups in total. The molecule has 0 radical (unpaired) electrons. The predicted molar refractivity (Wildman–Crippen MR) is 74.9 cm³/mol. The molecule has 1 saturated heterocycles. The van der Waals surface area contributed by atoms with Crippen LogP contribution in [0.3, 0.4) is 0 Å². The summed E-state index contributed by atoms with van der Waals surface area (Å²) in [4.78, 5) is 29.9. The van der Waals surface area contributed by atoms with E-state index in [1.54, 1.807) is 18.1 Å². The van der Waals surface area contributed by atoms with Gasteiger partial charge in [-0.15, -0.1) is 0 Å². The molecule has 1 aromatic heterocycles. The van der Waals surface area contributed by atoms with Gasteiger partial charge in [0.1, 0.15) is 5.82 Å². The van der Waals surface area contributed by atoms with Crippen molar-refractivity contribution in [1.29, 1.82) is 0 Å². The maximum absolute atomic E-state index is 12.2. The first-order chi connectivity index (χ1) is 9.34. The van der Waals surface area contributed by atoms with Gasteiger partial charge in [0.25, 0.3) is 0 Å². The second kappa shape index (κ2) is 5.26. The van der Waals surface area contributed by atoms with Gasteiger partial charge in [-0.05, 0) is 13.8 Å². The monoisotopic (exact) mass is 278 g/mol. The highest BCUT2D eigenvalue weighted by atomic mass is 16.2. The SMILES string of the molecule is CN1C(=O)CC(C(=O)NCCc2nccn2C)C1(C)C. The Morgan fingerprint density at radius 1 is 1.50 bits per heavy atom. The van der Waals surface area contributed by atoms with Gasteiger partial charge in [-0.3, -0.25) is 9.59 Å². The van der Waals surface area contributed by atoms with Crippen LogP contribution in [0, 0.1) is 5.92 Å². The van der Waals surface area contributed by atoms with Crippen LogP contribution in [0.4, 0.5) is 0 Å². The minimum absolute atomic E-state index is 0.0271. The average Bonchev–Trinajstić information content (AvgIpc) is 2.87. The fourth-order valence-electron chi connectivity index (χ4n) is 2.59. The minimum atomic E-state index is -0.426. The van der Waals surface area contributed by atoms with E-state index in [0.29, 0.717) is 13.0 Å².